The van der Waals surface area contributed by atoms with Gasteiger partial charge in [-0.05, 0) is 29.8 Å². The van der Waals surface area contributed by atoms with Gasteiger partial charge < -0.3 is 19.4 Å². The van der Waals surface area contributed by atoms with E-state index < -0.39 is 0 Å². The first-order chi connectivity index (χ1) is 13.2. The summed E-state index contributed by atoms with van der Waals surface area (Å²) >= 11 is 0. The Balaban J connectivity index is 1.51. The Hall–Kier alpha value is -3.21. The molecule has 3 aromatic rings. The van der Waals surface area contributed by atoms with Crippen molar-refractivity contribution >= 4 is 22.9 Å². The molecule has 0 fully saturated rings. The first-order valence-corrected chi connectivity index (χ1v) is 8.97. The minimum atomic E-state index is 0.0146. The fourth-order valence-corrected chi connectivity index (χ4v) is 3.58. The van der Waals surface area contributed by atoms with Crippen molar-refractivity contribution in [2.24, 2.45) is 0 Å². The van der Waals surface area contributed by atoms with Gasteiger partial charge in [-0.2, -0.15) is 0 Å². The van der Waals surface area contributed by atoms with Crippen LogP contribution in [0.5, 0.6) is 11.5 Å². The molecule has 1 N–H and O–H groups in total. The quantitative estimate of drug-likeness (QED) is 0.719. The van der Waals surface area contributed by atoms with E-state index >= 15 is 0 Å². The third-order valence-electron chi connectivity index (χ3n) is 5.02. The van der Waals surface area contributed by atoms with E-state index in [0.717, 1.165) is 24.0 Å². The Morgan fingerprint density at radius 2 is 1.93 bits per heavy atom. The van der Waals surface area contributed by atoms with Crippen LogP contribution in [0.25, 0.3) is 17.0 Å². The summed E-state index contributed by atoms with van der Waals surface area (Å²) in [6.45, 7) is 1.35. The predicted octanol–water partition coefficient (Wildman–Crippen LogP) is 3.78. The molecule has 1 aliphatic heterocycles. The number of para-hydroxylation sites is 1. The SMILES string of the molecule is COc1ccc(C=CC(=O)N2CCc3[nH]c4ccccc4c3C2)cc1OC. The number of methoxy groups -OCH3 is 2. The van der Waals surface area contributed by atoms with Crippen molar-refractivity contribution in [3.05, 3.63) is 65.4 Å². The van der Waals surface area contributed by atoms with Crippen molar-refractivity contribution in [2.75, 3.05) is 20.8 Å². The predicted molar refractivity (Wildman–Crippen MR) is 106 cm³/mol. The Morgan fingerprint density at radius 1 is 1.11 bits per heavy atom. The fourth-order valence-electron chi connectivity index (χ4n) is 3.58. The summed E-state index contributed by atoms with van der Waals surface area (Å²) in [5.41, 5.74) is 4.50. The Morgan fingerprint density at radius 3 is 2.74 bits per heavy atom. The zero-order valence-corrected chi connectivity index (χ0v) is 15.5. The largest absolute Gasteiger partial charge is 0.493 e. The molecule has 1 aliphatic rings. The van der Waals surface area contributed by atoms with Crippen LogP contribution in [0, 0.1) is 0 Å². The summed E-state index contributed by atoms with van der Waals surface area (Å²) < 4.78 is 10.6. The lowest BCUT2D eigenvalue weighted by Gasteiger charge is -2.26. The molecule has 0 saturated heterocycles. The van der Waals surface area contributed by atoms with Gasteiger partial charge in [-0.15, -0.1) is 0 Å². The molecule has 1 aromatic heterocycles. The summed E-state index contributed by atoms with van der Waals surface area (Å²) in [7, 11) is 3.20. The number of H-pyrrole nitrogens is 1. The Kier molecular flexibility index (Phi) is 4.59. The van der Waals surface area contributed by atoms with E-state index in [2.05, 4.69) is 17.1 Å². The number of aromatic amines is 1. The van der Waals surface area contributed by atoms with Gasteiger partial charge in [0.25, 0.3) is 0 Å². The lowest BCUT2D eigenvalue weighted by molar-refractivity contribution is -0.126. The molecule has 0 spiro atoms. The van der Waals surface area contributed by atoms with Gasteiger partial charge in [-0.3, -0.25) is 4.79 Å². The van der Waals surface area contributed by atoms with Crippen LogP contribution in [-0.4, -0.2) is 36.6 Å². The molecular formula is C22H22N2O3. The fraction of sp³-hybridized carbons (Fsp3) is 0.227. The van der Waals surface area contributed by atoms with Crippen molar-refractivity contribution in [2.45, 2.75) is 13.0 Å². The molecule has 0 unspecified atom stereocenters. The maximum Gasteiger partial charge on any atom is 0.246 e. The lowest BCUT2D eigenvalue weighted by atomic mass is 10.0. The summed E-state index contributed by atoms with van der Waals surface area (Å²) in [5.74, 6) is 1.33. The summed E-state index contributed by atoms with van der Waals surface area (Å²) in [4.78, 5) is 18.1. The zero-order chi connectivity index (χ0) is 18.8. The first-order valence-electron chi connectivity index (χ1n) is 8.97. The number of carbonyl (C=O) groups excluding carboxylic acids is 1. The second kappa shape index (κ2) is 7.19. The number of ether oxygens (including phenoxy) is 2. The van der Waals surface area contributed by atoms with Crippen molar-refractivity contribution in [1.29, 1.82) is 0 Å². The first kappa shape index (κ1) is 17.2. The van der Waals surface area contributed by atoms with Crippen LogP contribution in [0.1, 0.15) is 16.8 Å². The zero-order valence-electron chi connectivity index (χ0n) is 15.5. The normalized spacial score (nSPS) is 13.8. The van der Waals surface area contributed by atoms with Crippen LogP contribution in [0.3, 0.4) is 0 Å². The van der Waals surface area contributed by atoms with Gasteiger partial charge in [0.2, 0.25) is 5.91 Å². The number of nitrogens with zero attached hydrogens (tertiary/aromatic N) is 1. The van der Waals surface area contributed by atoms with E-state index in [1.54, 1.807) is 20.3 Å². The second-order valence-electron chi connectivity index (χ2n) is 6.59. The van der Waals surface area contributed by atoms with E-state index in [4.69, 9.17) is 9.47 Å². The van der Waals surface area contributed by atoms with Gasteiger partial charge in [0.1, 0.15) is 0 Å². The molecule has 0 radical (unpaired) electrons. The van der Waals surface area contributed by atoms with Crippen LogP contribution >= 0.6 is 0 Å². The highest BCUT2D eigenvalue weighted by molar-refractivity contribution is 5.93. The Bertz CT molecular complexity index is 1020. The molecule has 0 atom stereocenters. The minimum Gasteiger partial charge on any atom is -0.493 e. The van der Waals surface area contributed by atoms with Gasteiger partial charge in [-0.25, -0.2) is 0 Å². The molecule has 0 bridgehead atoms. The van der Waals surface area contributed by atoms with Gasteiger partial charge in [0, 0.05) is 47.7 Å². The molecule has 2 heterocycles. The van der Waals surface area contributed by atoms with Gasteiger partial charge in [-0.1, -0.05) is 24.3 Å². The van der Waals surface area contributed by atoms with Crippen molar-refractivity contribution in [1.82, 2.24) is 9.88 Å². The molecule has 0 saturated carbocycles. The summed E-state index contributed by atoms with van der Waals surface area (Å²) in [6, 6.07) is 13.8. The average Bonchev–Trinajstić information content (AvgIpc) is 3.09. The van der Waals surface area contributed by atoms with Gasteiger partial charge in [0.15, 0.2) is 11.5 Å². The molecule has 5 nitrogen and oxygen atoms in total. The second-order valence-corrected chi connectivity index (χ2v) is 6.59. The number of nitrogens with one attached hydrogen (secondary N) is 1. The maximum absolute atomic E-state index is 12.7. The Labute approximate surface area is 158 Å². The van der Waals surface area contributed by atoms with Crippen LogP contribution in [0.2, 0.25) is 0 Å². The van der Waals surface area contributed by atoms with Crippen molar-refractivity contribution in [3.63, 3.8) is 0 Å². The van der Waals surface area contributed by atoms with Crippen molar-refractivity contribution in [3.8, 4) is 11.5 Å². The van der Waals surface area contributed by atoms with Gasteiger partial charge in [0.05, 0.1) is 14.2 Å². The number of hydrogen-bond donors (Lipinski definition) is 1. The molecule has 138 valence electrons. The van der Waals surface area contributed by atoms with E-state index in [9.17, 15) is 4.79 Å². The third-order valence-corrected chi connectivity index (χ3v) is 5.02. The van der Waals surface area contributed by atoms with E-state index in [1.165, 1.54) is 16.6 Å². The number of carbonyl (C=O) groups is 1. The topological polar surface area (TPSA) is 54.6 Å². The average molecular weight is 362 g/mol. The van der Waals surface area contributed by atoms with Crippen molar-refractivity contribution < 1.29 is 14.3 Å². The molecule has 2 aromatic carbocycles. The minimum absolute atomic E-state index is 0.0146. The highest BCUT2D eigenvalue weighted by Gasteiger charge is 2.22. The van der Waals surface area contributed by atoms with E-state index in [-0.39, 0.29) is 5.91 Å². The van der Waals surface area contributed by atoms with Crippen LogP contribution in [0.4, 0.5) is 0 Å². The van der Waals surface area contributed by atoms with Crippen LogP contribution < -0.4 is 9.47 Å². The number of aromatic nitrogens is 1. The standard InChI is InChI=1S/C22H22N2O3/c1-26-20-9-7-15(13-21(20)27-2)8-10-22(25)24-12-11-19-17(14-24)16-5-3-4-6-18(16)23-19/h3-10,13,23H,11-12,14H2,1-2H3. The molecule has 0 aliphatic carbocycles. The maximum atomic E-state index is 12.7. The third kappa shape index (κ3) is 3.28. The molecule has 1 amide bonds. The molecule has 4 rings (SSSR count). The van der Waals surface area contributed by atoms with E-state index in [0.29, 0.717) is 18.0 Å². The molecule has 5 heteroatoms. The smallest absolute Gasteiger partial charge is 0.246 e. The molecular weight excluding hydrogens is 340 g/mol. The number of fused-ring (bicyclic) bond motifs is 3. The summed E-state index contributed by atoms with van der Waals surface area (Å²) in [5, 5.41) is 1.20. The molecule has 27 heavy (non-hydrogen) atoms. The van der Waals surface area contributed by atoms with E-state index in [1.807, 2.05) is 41.3 Å². The summed E-state index contributed by atoms with van der Waals surface area (Å²) in [6.07, 6.45) is 4.29. The van der Waals surface area contributed by atoms with Crippen LogP contribution in [-0.2, 0) is 17.8 Å². The number of amides is 1. The number of rotatable bonds is 4. The highest BCUT2D eigenvalue weighted by atomic mass is 16.5. The number of benzene rings is 2. The number of hydrogen-bond acceptors (Lipinski definition) is 3. The van der Waals surface area contributed by atoms with Gasteiger partial charge >= 0.3 is 0 Å². The van der Waals surface area contributed by atoms with Crippen LogP contribution in [0.15, 0.2) is 48.5 Å². The highest BCUT2D eigenvalue weighted by Crippen LogP contribution is 2.29. The lowest BCUT2D eigenvalue weighted by Crippen LogP contribution is -2.34. The monoisotopic (exact) mass is 362 g/mol.